The molecule has 1 atom stereocenters. The highest BCUT2D eigenvalue weighted by molar-refractivity contribution is 5.82. The third kappa shape index (κ3) is 4.83. The van der Waals surface area contributed by atoms with Crippen LogP contribution in [0.15, 0.2) is 54.6 Å². The van der Waals surface area contributed by atoms with E-state index in [1.807, 2.05) is 24.3 Å². The molecule has 1 heterocycles. The van der Waals surface area contributed by atoms with Crippen LogP contribution in [-0.4, -0.2) is 31.6 Å². The van der Waals surface area contributed by atoms with Gasteiger partial charge in [0.2, 0.25) is 5.91 Å². The van der Waals surface area contributed by atoms with Gasteiger partial charge in [0.25, 0.3) is 0 Å². The van der Waals surface area contributed by atoms with Crippen LogP contribution in [0, 0.1) is 0 Å². The van der Waals surface area contributed by atoms with Crippen LogP contribution in [0.1, 0.15) is 24.5 Å². The number of ether oxygens (including phenoxy) is 1. The summed E-state index contributed by atoms with van der Waals surface area (Å²) in [5, 5.41) is 3.00. The average Bonchev–Trinajstić information content (AvgIpc) is 2.94. The molecule has 0 fully saturated rings. The number of nitrogens with one attached hydrogen (secondary N) is 1. The first kappa shape index (κ1) is 17.5. The third-order valence-electron chi connectivity index (χ3n) is 4.56. The van der Waals surface area contributed by atoms with Crippen LogP contribution in [-0.2, 0) is 22.6 Å². The Kier molecular flexibility index (Phi) is 6.07. The number of rotatable bonds is 8. The van der Waals surface area contributed by atoms with Crippen LogP contribution in [0.5, 0.6) is 0 Å². The molecular formula is C21H26N2O2. The molecule has 0 radical (unpaired) electrons. The van der Waals surface area contributed by atoms with Crippen molar-refractivity contribution in [2.45, 2.75) is 32.4 Å². The van der Waals surface area contributed by atoms with Crippen molar-refractivity contribution in [1.82, 2.24) is 5.32 Å². The van der Waals surface area contributed by atoms with Crippen molar-refractivity contribution in [1.29, 1.82) is 0 Å². The number of amides is 1. The minimum Gasteiger partial charge on any atom is -0.377 e. The van der Waals surface area contributed by atoms with Crippen LogP contribution >= 0.6 is 0 Å². The molecule has 3 rings (SSSR count). The van der Waals surface area contributed by atoms with E-state index < -0.39 is 0 Å². The Morgan fingerprint density at radius 2 is 1.92 bits per heavy atom. The molecule has 2 aromatic rings. The van der Waals surface area contributed by atoms with E-state index in [0.717, 1.165) is 12.8 Å². The van der Waals surface area contributed by atoms with Crippen molar-refractivity contribution in [3.05, 3.63) is 65.7 Å². The quantitative estimate of drug-likeness (QED) is 0.752. The summed E-state index contributed by atoms with van der Waals surface area (Å²) in [6, 6.07) is 18.8. The third-order valence-corrected chi connectivity index (χ3v) is 4.56. The molecule has 2 aromatic carbocycles. The Hall–Kier alpha value is -2.33. The molecule has 1 N–H and O–H groups in total. The smallest absolute Gasteiger partial charge is 0.239 e. The number of hydrogen-bond acceptors (Lipinski definition) is 3. The Balaban J connectivity index is 1.33. The Morgan fingerprint density at radius 3 is 2.76 bits per heavy atom. The number of hydrogen-bond donors (Lipinski definition) is 1. The summed E-state index contributed by atoms with van der Waals surface area (Å²) in [7, 11) is 0. The Morgan fingerprint density at radius 1 is 1.16 bits per heavy atom. The molecule has 1 aliphatic heterocycles. The molecule has 1 unspecified atom stereocenters. The fourth-order valence-electron chi connectivity index (χ4n) is 3.25. The van der Waals surface area contributed by atoms with Crippen LogP contribution in [0.2, 0.25) is 0 Å². The van der Waals surface area contributed by atoms with Gasteiger partial charge in [-0.1, -0.05) is 48.5 Å². The lowest BCUT2D eigenvalue weighted by Gasteiger charge is -2.24. The van der Waals surface area contributed by atoms with Gasteiger partial charge in [-0.25, -0.2) is 0 Å². The molecule has 0 aromatic heterocycles. The van der Waals surface area contributed by atoms with E-state index in [1.54, 1.807) is 0 Å². The number of carbonyl (C=O) groups is 1. The molecule has 25 heavy (non-hydrogen) atoms. The average molecular weight is 338 g/mol. The van der Waals surface area contributed by atoms with Gasteiger partial charge in [0.1, 0.15) is 0 Å². The van der Waals surface area contributed by atoms with Crippen LogP contribution in [0.4, 0.5) is 5.69 Å². The maximum Gasteiger partial charge on any atom is 0.239 e. The van der Waals surface area contributed by atoms with Crippen molar-refractivity contribution >= 4 is 11.6 Å². The van der Waals surface area contributed by atoms with Crippen molar-refractivity contribution in [3.63, 3.8) is 0 Å². The van der Waals surface area contributed by atoms with Gasteiger partial charge in [0, 0.05) is 24.9 Å². The predicted molar refractivity (Wildman–Crippen MR) is 101 cm³/mol. The first-order valence-electron chi connectivity index (χ1n) is 8.97. The van der Waals surface area contributed by atoms with E-state index in [9.17, 15) is 4.79 Å². The Labute approximate surface area is 149 Å². The second-order valence-corrected chi connectivity index (χ2v) is 6.55. The second-order valence-electron chi connectivity index (χ2n) is 6.55. The maximum atomic E-state index is 12.2. The summed E-state index contributed by atoms with van der Waals surface area (Å²) >= 11 is 0. The molecule has 0 spiro atoms. The SMILES string of the molecule is CC1Cc2ccccc2N1CC(=O)NCCCOCc1ccccc1. The highest BCUT2D eigenvalue weighted by atomic mass is 16.5. The number of fused-ring (bicyclic) bond motifs is 1. The highest BCUT2D eigenvalue weighted by Crippen LogP contribution is 2.31. The summed E-state index contributed by atoms with van der Waals surface area (Å²) in [5.74, 6) is 0.0756. The molecule has 1 aliphatic rings. The molecule has 132 valence electrons. The van der Waals surface area contributed by atoms with E-state index >= 15 is 0 Å². The standard InChI is InChI=1S/C21H26N2O2/c1-17-14-19-10-5-6-11-20(19)23(17)15-21(24)22-12-7-13-25-16-18-8-3-2-4-9-18/h2-6,8-11,17H,7,12-16H2,1H3,(H,22,24). The van der Waals surface area contributed by atoms with Gasteiger partial charge in [-0.3, -0.25) is 4.79 Å². The highest BCUT2D eigenvalue weighted by Gasteiger charge is 2.26. The number of nitrogens with zero attached hydrogens (tertiary/aromatic N) is 1. The monoisotopic (exact) mass is 338 g/mol. The topological polar surface area (TPSA) is 41.6 Å². The van der Waals surface area contributed by atoms with Crippen molar-refractivity contribution in [3.8, 4) is 0 Å². The normalized spacial score (nSPS) is 15.9. The first-order chi connectivity index (χ1) is 12.2. The number of benzene rings is 2. The van der Waals surface area contributed by atoms with Gasteiger partial charge in [-0.15, -0.1) is 0 Å². The lowest BCUT2D eigenvalue weighted by molar-refractivity contribution is -0.119. The first-order valence-corrected chi connectivity index (χ1v) is 8.97. The van der Waals surface area contributed by atoms with Gasteiger partial charge in [-0.2, -0.15) is 0 Å². The molecule has 4 nitrogen and oxygen atoms in total. The Bertz CT molecular complexity index is 687. The van der Waals surface area contributed by atoms with Gasteiger partial charge in [0.15, 0.2) is 0 Å². The predicted octanol–water partition coefficient (Wildman–Crippen LogP) is 3.16. The minimum atomic E-state index is 0.0756. The van der Waals surface area contributed by atoms with Gasteiger partial charge in [-0.05, 0) is 37.0 Å². The van der Waals surface area contributed by atoms with E-state index in [-0.39, 0.29) is 5.91 Å². The lowest BCUT2D eigenvalue weighted by atomic mass is 10.1. The largest absolute Gasteiger partial charge is 0.377 e. The summed E-state index contributed by atoms with van der Waals surface area (Å²) in [6.07, 6.45) is 1.83. The zero-order valence-electron chi connectivity index (χ0n) is 14.8. The summed E-state index contributed by atoms with van der Waals surface area (Å²) in [5.41, 5.74) is 3.70. The van der Waals surface area contributed by atoms with Crippen LogP contribution < -0.4 is 10.2 Å². The zero-order valence-corrected chi connectivity index (χ0v) is 14.8. The number of anilines is 1. The van der Waals surface area contributed by atoms with Gasteiger partial charge in [0.05, 0.1) is 13.2 Å². The summed E-state index contributed by atoms with van der Waals surface area (Å²) in [4.78, 5) is 14.4. The zero-order chi connectivity index (χ0) is 17.5. The van der Waals surface area contributed by atoms with Gasteiger partial charge < -0.3 is 15.0 Å². The van der Waals surface area contributed by atoms with E-state index in [1.165, 1.54) is 16.8 Å². The molecule has 0 saturated carbocycles. The van der Waals surface area contributed by atoms with Crippen molar-refractivity contribution < 1.29 is 9.53 Å². The van der Waals surface area contributed by atoms with E-state index in [0.29, 0.717) is 32.3 Å². The number of para-hydroxylation sites is 1. The summed E-state index contributed by atoms with van der Waals surface area (Å²) in [6.45, 7) is 4.51. The molecule has 0 aliphatic carbocycles. The second kappa shape index (κ2) is 8.67. The fourth-order valence-corrected chi connectivity index (χ4v) is 3.25. The van der Waals surface area contributed by atoms with Gasteiger partial charge >= 0.3 is 0 Å². The maximum absolute atomic E-state index is 12.2. The lowest BCUT2D eigenvalue weighted by Crippen LogP contribution is -2.40. The molecule has 0 bridgehead atoms. The fraction of sp³-hybridized carbons (Fsp3) is 0.381. The van der Waals surface area contributed by atoms with E-state index in [2.05, 4.69) is 47.5 Å². The minimum absolute atomic E-state index is 0.0756. The van der Waals surface area contributed by atoms with Crippen molar-refractivity contribution in [2.75, 3.05) is 24.6 Å². The van der Waals surface area contributed by atoms with E-state index in [4.69, 9.17) is 4.74 Å². The molecular weight excluding hydrogens is 312 g/mol. The molecule has 4 heteroatoms. The number of carbonyl (C=O) groups excluding carboxylic acids is 1. The van der Waals surface area contributed by atoms with Crippen molar-refractivity contribution in [2.24, 2.45) is 0 Å². The van der Waals surface area contributed by atoms with Crippen LogP contribution in [0.25, 0.3) is 0 Å². The summed E-state index contributed by atoms with van der Waals surface area (Å²) < 4.78 is 5.64. The van der Waals surface area contributed by atoms with Crippen LogP contribution in [0.3, 0.4) is 0 Å². The molecule has 1 amide bonds. The molecule has 0 saturated heterocycles.